The standard InChI is InChI=1S/C22H25ClF3N5O/c1-12(10-30-15(4)19(23)13(2)28-30)21(32)27-20-14(3)29-31(16(20)5)11-17-7-6-8-18(9-17)22(24,25)26/h6-9,12H,10-11H2,1-5H3,(H,27,32). The van der Waals surface area contributed by atoms with Crippen LogP contribution >= 0.6 is 11.6 Å². The maximum Gasteiger partial charge on any atom is 0.416 e. The van der Waals surface area contributed by atoms with Gasteiger partial charge in [-0.1, -0.05) is 30.7 Å². The van der Waals surface area contributed by atoms with Crippen LogP contribution in [0.1, 0.15) is 40.8 Å². The number of alkyl halides is 3. The van der Waals surface area contributed by atoms with Gasteiger partial charge in [-0.15, -0.1) is 0 Å². The molecule has 1 amide bonds. The molecule has 0 aliphatic carbocycles. The molecule has 10 heteroatoms. The lowest BCUT2D eigenvalue weighted by molar-refractivity contribution is -0.137. The molecule has 0 aliphatic rings. The summed E-state index contributed by atoms with van der Waals surface area (Å²) < 4.78 is 42.3. The summed E-state index contributed by atoms with van der Waals surface area (Å²) in [4.78, 5) is 12.8. The summed E-state index contributed by atoms with van der Waals surface area (Å²) >= 11 is 6.18. The predicted octanol–water partition coefficient (Wildman–Crippen LogP) is 5.31. The number of hydrogen-bond acceptors (Lipinski definition) is 3. The molecular weight excluding hydrogens is 443 g/mol. The molecule has 1 unspecified atom stereocenters. The smallest absolute Gasteiger partial charge is 0.323 e. The van der Waals surface area contributed by atoms with Crippen molar-refractivity contribution in [1.29, 1.82) is 0 Å². The van der Waals surface area contributed by atoms with Crippen molar-refractivity contribution in [3.8, 4) is 0 Å². The number of nitrogens with one attached hydrogen (secondary N) is 1. The predicted molar refractivity (Wildman–Crippen MR) is 117 cm³/mol. The number of hydrogen-bond donors (Lipinski definition) is 1. The Morgan fingerprint density at radius 1 is 1.09 bits per heavy atom. The van der Waals surface area contributed by atoms with Gasteiger partial charge in [0.25, 0.3) is 0 Å². The first kappa shape index (κ1) is 23.8. The van der Waals surface area contributed by atoms with Crippen molar-refractivity contribution in [1.82, 2.24) is 19.6 Å². The molecule has 172 valence electrons. The number of anilines is 1. The summed E-state index contributed by atoms with van der Waals surface area (Å²) in [5, 5.41) is 12.3. The molecule has 1 atom stereocenters. The van der Waals surface area contributed by atoms with Crippen molar-refractivity contribution < 1.29 is 18.0 Å². The van der Waals surface area contributed by atoms with Crippen molar-refractivity contribution in [2.75, 3.05) is 5.32 Å². The first-order valence-electron chi connectivity index (χ1n) is 10.1. The van der Waals surface area contributed by atoms with Gasteiger partial charge < -0.3 is 5.32 Å². The van der Waals surface area contributed by atoms with Crippen LogP contribution in [0.15, 0.2) is 24.3 Å². The minimum absolute atomic E-state index is 0.159. The highest BCUT2D eigenvalue weighted by Crippen LogP contribution is 2.30. The molecule has 0 saturated heterocycles. The molecule has 0 fully saturated rings. The second kappa shape index (κ2) is 8.97. The summed E-state index contributed by atoms with van der Waals surface area (Å²) in [5.41, 5.74) is 3.07. The highest BCUT2D eigenvalue weighted by Gasteiger charge is 2.30. The third-order valence-electron chi connectivity index (χ3n) is 5.40. The van der Waals surface area contributed by atoms with E-state index in [4.69, 9.17) is 11.6 Å². The molecule has 2 heterocycles. The first-order valence-corrected chi connectivity index (χ1v) is 10.5. The molecule has 0 saturated carbocycles. The van der Waals surface area contributed by atoms with Crippen molar-refractivity contribution in [2.24, 2.45) is 5.92 Å². The van der Waals surface area contributed by atoms with Crippen LogP contribution in [0.5, 0.6) is 0 Å². The Bertz CT molecular complexity index is 1150. The zero-order chi connectivity index (χ0) is 23.8. The van der Waals surface area contributed by atoms with Crippen molar-refractivity contribution in [3.63, 3.8) is 0 Å². The van der Waals surface area contributed by atoms with E-state index in [1.165, 1.54) is 6.07 Å². The molecule has 1 aromatic carbocycles. The Morgan fingerprint density at radius 2 is 1.75 bits per heavy atom. The van der Waals surface area contributed by atoms with Crippen LogP contribution < -0.4 is 5.32 Å². The normalized spacial score (nSPS) is 12.8. The Kier molecular flexibility index (Phi) is 6.69. The van der Waals surface area contributed by atoms with Gasteiger partial charge in [0.2, 0.25) is 5.91 Å². The van der Waals surface area contributed by atoms with Crippen LogP contribution in [0.4, 0.5) is 18.9 Å². The third kappa shape index (κ3) is 4.98. The molecule has 3 aromatic rings. The molecule has 32 heavy (non-hydrogen) atoms. The van der Waals surface area contributed by atoms with Gasteiger partial charge in [0.05, 0.1) is 58.1 Å². The van der Waals surface area contributed by atoms with E-state index >= 15 is 0 Å². The summed E-state index contributed by atoms with van der Waals surface area (Å²) in [6.45, 7) is 9.48. The van der Waals surface area contributed by atoms with E-state index in [1.807, 2.05) is 13.8 Å². The monoisotopic (exact) mass is 467 g/mol. The first-order chi connectivity index (χ1) is 14.9. The SMILES string of the molecule is Cc1nn(CC(C)C(=O)Nc2c(C)nn(Cc3cccc(C(F)(F)F)c3)c2C)c(C)c1Cl. The zero-order valence-corrected chi connectivity index (χ0v) is 19.3. The largest absolute Gasteiger partial charge is 0.416 e. The molecule has 6 nitrogen and oxygen atoms in total. The number of amides is 1. The Hall–Kier alpha value is -2.81. The Morgan fingerprint density at radius 3 is 2.34 bits per heavy atom. The Labute approximate surface area is 189 Å². The fourth-order valence-corrected chi connectivity index (χ4v) is 3.63. The van der Waals surface area contributed by atoms with Gasteiger partial charge in [-0.2, -0.15) is 23.4 Å². The van der Waals surface area contributed by atoms with Crippen LogP contribution in [0.3, 0.4) is 0 Å². The molecule has 0 aliphatic heterocycles. The fourth-order valence-electron chi connectivity index (χ4n) is 3.49. The topological polar surface area (TPSA) is 64.7 Å². The lowest BCUT2D eigenvalue weighted by atomic mass is 10.1. The van der Waals surface area contributed by atoms with Crippen LogP contribution in [0.25, 0.3) is 0 Å². The molecular formula is C22H25ClF3N5O. The lowest BCUT2D eigenvalue weighted by Crippen LogP contribution is -2.25. The van der Waals surface area contributed by atoms with Gasteiger partial charge in [0, 0.05) is 0 Å². The number of nitrogens with zero attached hydrogens (tertiary/aromatic N) is 4. The number of carbonyl (C=O) groups is 1. The minimum Gasteiger partial charge on any atom is -0.323 e. The van der Waals surface area contributed by atoms with Gasteiger partial charge in [-0.3, -0.25) is 14.2 Å². The Balaban J connectivity index is 1.74. The number of carbonyl (C=O) groups excluding carboxylic acids is 1. The maximum absolute atomic E-state index is 13.0. The minimum atomic E-state index is -4.41. The third-order valence-corrected chi connectivity index (χ3v) is 5.95. The van der Waals surface area contributed by atoms with E-state index in [2.05, 4.69) is 15.5 Å². The van der Waals surface area contributed by atoms with Crippen LogP contribution in [0, 0.1) is 33.6 Å². The van der Waals surface area contributed by atoms with Gasteiger partial charge in [-0.05, 0) is 45.4 Å². The molecule has 0 radical (unpaired) electrons. The summed E-state index contributed by atoms with van der Waals surface area (Å²) in [6, 6.07) is 5.13. The number of rotatable bonds is 6. The summed E-state index contributed by atoms with van der Waals surface area (Å²) in [6.07, 6.45) is -4.41. The second-order valence-electron chi connectivity index (χ2n) is 7.96. The van der Waals surface area contributed by atoms with Crippen LogP contribution in [0.2, 0.25) is 5.02 Å². The second-order valence-corrected chi connectivity index (χ2v) is 8.34. The number of halogens is 4. The summed E-state index contributed by atoms with van der Waals surface area (Å²) in [5.74, 6) is -0.604. The highest BCUT2D eigenvalue weighted by atomic mass is 35.5. The van der Waals surface area contributed by atoms with Crippen molar-refractivity contribution >= 4 is 23.2 Å². The summed E-state index contributed by atoms with van der Waals surface area (Å²) in [7, 11) is 0. The van der Waals surface area contributed by atoms with Gasteiger partial charge in [0.15, 0.2) is 0 Å². The number of aryl methyl sites for hydroxylation is 2. The molecule has 2 aromatic heterocycles. The number of benzene rings is 1. The molecule has 0 spiro atoms. The maximum atomic E-state index is 13.0. The molecule has 0 bridgehead atoms. The lowest BCUT2D eigenvalue weighted by Gasteiger charge is -2.14. The van der Waals surface area contributed by atoms with E-state index < -0.39 is 17.7 Å². The van der Waals surface area contributed by atoms with E-state index in [-0.39, 0.29) is 12.5 Å². The van der Waals surface area contributed by atoms with E-state index in [0.717, 1.165) is 17.8 Å². The van der Waals surface area contributed by atoms with Gasteiger partial charge in [0.1, 0.15) is 0 Å². The van der Waals surface area contributed by atoms with Gasteiger partial charge >= 0.3 is 6.18 Å². The fraction of sp³-hybridized carbons (Fsp3) is 0.409. The van der Waals surface area contributed by atoms with Crippen LogP contribution in [-0.2, 0) is 24.1 Å². The number of aromatic nitrogens is 4. The van der Waals surface area contributed by atoms with Crippen molar-refractivity contribution in [2.45, 2.75) is 53.9 Å². The zero-order valence-electron chi connectivity index (χ0n) is 18.5. The van der Waals surface area contributed by atoms with Crippen molar-refractivity contribution in [3.05, 3.63) is 63.2 Å². The van der Waals surface area contributed by atoms with E-state index in [9.17, 15) is 18.0 Å². The van der Waals surface area contributed by atoms with E-state index in [1.54, 1.807) is 36.2 Å². The van der Waals surface area contributed by atoms with Gasteiger partial charge in [-0.25, -0.2) is 0 Å². The highest BCUT2D eigenvalue weighted by molar-refractivity contribution is 6.31. The molecule has 1 N–H and O–H groups in total. The van der Waals surface area contributed by atoms with Crippen LogP contribution in [-0.4, -0.2) is 25.5 Å². The molecule has 3 rings (SSSR count). The average molecular weight is 468 g/mol. The van der Waals surface area contributed by atoms with E-state index in [0.29, 0.717) is 39.9 Å². The average Bonchev–Trinajstić information content (AvgIpc) is 3.11. The quantitative estimate of drug-likeness (QED) is 0.534.